The number of carbonyl (C=O) groups excluding carboxylic acids is 2. The van der Waals surface area contributed by atoms with Gasteiger partial charge in [0.1, 0.15) is 11.5 Å². The summed E-state index contributed by atoms with van der Waals surface area (Å²) < 4.78 is 10.5. The predicted molar refractivity (Wildman–Crippen MR) is 113 cm³/mol. The molecule has 0 saturated carbocycles. The minimum Gasteiger partial charge on any atom is -0.507 e. The number of hydrogen-bond acceptors (Lipinski definition) is 6. The fourth-order valence-corrected chi connectivity index (χ4v) is 3.71. The average molecular weight is 440 g/mol. The number of carbonyl (C=O) groups is 2. The van der Waals surface area contributed by atoms with Gasteiger partial charge >= 0.3 is 0 Å². The van der Waals surface area contributed by atoms with Gasteiger partial charge in [0, 0.05) is 10.6 Å². The summed E-state index contributed by atoms with van der Waals surface area (Å²) in [6, 6.07) is 13.2. The van der Waals surface area contributed by atoms with E-state index >= 15 is 0 Å². The number of nitrogens with zero attached hydrogens (tertiary/aromatic N) is 1. The van der Waals surface area contributed by atoms with Gasteiger partial charge in [-0.25, -0.2) is 0 Å². The van der Waals surface area contributed by atoms with E-state index in [2.05, 4.69) is 0 Å². The number of likely N-dealkylation sites (tertiary alicyclic amines) is 1. The van der Waals surface area contributed by atoms with Crippen LogP contribution in [-0.4, -0.2) is 33.9 Å². The Morgan fingerprint density at radius 1 is 1.16 bits per heavy atom. The highest BCUT2D eigenvalue weighted by atomic mass is 35.5. The van der Waals surface area contributed by atoms with Crippen LogP contribution in [0.2, 0.25) is 5.02 Å². The average Bonchev–Trinajstić information content (AvgIpc) is 3.37. The lowest BCUT2D eigenvalue weighted by Crippen LogP contribution is -2.29. The highest BCUT2D eigenvalue weighted by molar-refractivity contribution is 6.46. The van der Waals surface area contributed by atoms with E-state index in [1.54, 1.807) is 42.5 Å². The number of ketones is 1. The number of amides is 1. The fourth-order valence-electron chi connectivity index (χ4n) is 3.59. The minimum atomic E-state index is -0.921. The molecule has 2 aromatic carbocycles. The molecule has 2 N–H and O–H groups in total. The maximum absolute atomic E-state index is 13.0. The Bertz CT molecular complexity index is 1170. The molecule has 0 aliphatic carbocycles. The van der Waals surface area contributed by atoms with Crippen LogP contribution in [0.3, 0.4) is 0 Å². The molecular weight excluding hydrogens is 422 g/mol. The molecule has 2 heterocycles. The second kappa shape index (κ2) is 8.20. The monoisotopic (exact) mass is 439 g/mol. The molecule has 0 radical (unpaired) electrons. The number of methoxy groups -OCH3 is 1. The topological polar surface area (TPSA) is 100 Å². The van der Waals surface area contributed by atoms with Gasteiger partial charge in [0.05, 0.1) is 31.5 Å². The quantitative estimate of drug-likeness (QED) is 0.350. The number of aliphatic hydroxyl groups excluding tert-OH is 1. The molecule has 4 rings (SSSR count). The summed E-state index contributed by atoms with van der Waals surface area (Å²) in [6.07, 6.45) is 1.47. The predicted octanol–water partition coefficient (Wildman–Crippen LogP) is 4.27. The number of furan rings is 1. The number of Topliss-reactive ketones (excluding diaryl/α,β-unsaturated/α-hetero) is 1. The van der Waals surface area contributed by atoms with Gasteiger partial charge in [0.15, 0.2) is 11.5 Å². The molecule has 1 atom stereocenters. The van der Waals surface area contributed by atoms with E-state index in [1.165, 1.54) is 30.4 Å². The zero-order valence-electron chi connectivity index (χ0n) is 16.4. The van der Waals surface area contributed by atoms with Crippen molar-refractivity contribution in [3.8, 4) is 11.5 Å². The normalized spacial score (nSPS) is 17.9. The zero-order valence-corrected chi connectivity index (χ0v) is 17.2. The summed E-state index contributed by atoms with van der Waals surface area (Å²) in [5, 5.41) is 21.4. The molecule has 1 amide bonds. The second-order valence-corrected chi connectivity index (χ2v) is 7.38. The zero-order chi connectivity index (χ0) is 22.1. The molecule has 1 unspecified atom stereocenters. The SMILES string of the molecule is COc1cc(C2/C(=C(/O)c3ccc(Cl)cc3)C(=O)C(=O)N2Cc2ccco2)ccc1O. The number of phenols is 1. The summed E-state index contributed by atoms with van der Waals surface area (Å²) in [7, 11) is 1.40. The van der Waals surface area contributed by atoms with Crippen LogP contribution < -0.4 is 4.74 Å². The van der Waals surface area contributed by atoms with Crippen LogP contribution in [0.4, 0.5) is 0 Å². The Balaban J connectivity index is 1.89. The number of aromatic hydroxyl groups is 1. The van der Waals surface area contributed by atoms with E-state index in [9.17, 15) is 19.8 Å². The molecule has 0 spiro atoms. The van der Waals surface area contributed by atoms with Crippen LogP contribution in [0.15, 0.2) is 70.9 Å². The maximum atomic E-state index is 13.0. The van der Waals surface area contributed by atoms with Crippen molar-refractivity contribution in [2.75, 3.05) is 7.11 Å². The van der Waals surface area contributed by atoms with Crippen molar-refractivity contribution in [1.29, 1.82) is 0 Å². The van der Waals surface area contributed by atoms with Crippen molar-refractivity contribution in [3.05, 3.63) is 88.3 Å². The summed E-state index contributed by atoms with van der Waals surface area (Å²) in [5.74, 6) is -1.36. The summed E-state index contributed by atoms with van der Waals surface area (Å²) in [5.41, 5.74) is 0.749. The van der Waals surface area contributed by atoms with Crippen molar-refractivity contribution in [2.45, 2.75) is 12.6 Å². The van der Waals surface area contributed by atoms with E-state index in [1.807, 2.05) is 0 Å². The molecule has 8 heteroatoms. The van der Waals surface area contributed by atoms with Gasteiger partial charge in [-0.2, -0.15) is 0 Å². The Labute approximate surface area is 182 Å². The number of rotatable bonds is 5. The van der Waals surface area contributed by atoms with Crippen molar-refractivity contribution < 1.29 is 29.0 Å². The van der Waals surface area contributed by atoms with Crippen LogP contribution in [0, 0.1) is 0 Å². The van der Waals surface area contributed by atoms with Crippen molar-refractivity contribution >= 4 is 29.1 Å². The number of phenolic OH excluding ortho intramolecular Hbond substituents is 1. The molecule has 1 saturated heterocycles. The van der Waals surface area contributed by atoms with Crippen LogP contribution in [0.1, 0.15) is 22.9 Å². The maximum Gasteiger partial charge on any atom is 0.296 e. The van der Waals surface area contributed by atoms with Crippen molar-refractivity contribution in [3.63, 3.8) is 0 Å². The number of aliphatic hydroxyl groups is 1. The van der Waals surface area contributed by atoms with Crippen LogP contribution >= 0.6 is 11.6 Å². The summed E-state index contributed by atoms with van der Waals surface area (Å²) in [6.45, 7) is 0.0167. The van der Waals surface area contributed by atoms with Crippen molar-refractivity contribution in [1.82, 2.24) is 4.90 Å². The molecule has 158 valence electrons. The summed E-state index contributed by atoms with van der Waals surface area (Å²) >= 11 is 5.93. The van der Waals surface area contributed by atoms with Gasteiger partial charge in [0.25, 0.3) is 11.7 Å². The van der Waals surface area contributed by atoms with E-state index in [0.717, 1.165) is 0 Å². The van der Waals surface area contributed by atoms with Crippen LogP contribution in [0.25, 0.3) is 5.76 Å². The molecular formula is C23H18ClNO6. The molecule has 31 heavy (non-hydrogen) atoms. The fraction of sp³-hybridized carbons (Fsp3) is 0.130. The summed E-state index contributed by atoms with van der Waals surface area (Å²) in [4.78, 5) is 27.2. The van der Waals surface area contributed by atoms with Gasteiger partial charge in [0.2, 0.25) is 0 Å². The highest BCUT2D eigenvalue weighted by Crippen LogP contribution is 2.42. The first-order chi connectivity index (χ1) is 14.9. The molecule has 1 aliphatic heterocycles. The third-order valence-corrected chi connectivity index (χ3v) is 5.34. The third-order valence-electron chi connectivity index (χ3n) is 5.08. The van der Waals surface area contributed by atoms with Gasteiger partial charge < -0.3 is 24.3 Å². The van der Waals surface area contributed by atoms with Crippen LogP contribution in [-0.2, 0) is 16.1 Å². The molecule has 1 fully saturated rings. The molecule has 1 aromatic heterocycles. The van der Waals surface area contributed by atoms with E-state index in [-0.39, 0.29) is 29.4 Å². The second-order valence-electron chi connectivity index (χ2n) is 6.94. The smallest absolute Gasteiger partial charge is 0.296 e. The van der Waals surface area contributed by atoms with E-state index in [4.69, 9.17) is 20.8 Å². The van der Waals surface area contributed by atoms with E-state index < -0.39 is 17.7 Å². The van der Waals surface area contributed by atoms with Gasteiger partial charge in [-0.1, -0.05) is 17.7 Å². The lowest BCUT2D eigenvalue weighted by molar-refractivity contribution is -0.140. The first-order valence-corrected chi connectivity index (χ1v) is 9.72. The Hall–Kier alpha value is -3.71. The van der Waals surface area contributed by atoms with Crippen molar-refractivity contribution in [2.24, 2.45) is 0 Å². The Morgan fingerprint density at radius 3 is 2.55 bits per heavy atom. The Kier molecular flexibility index (Phi) is 5.44. The van der Waals surface area contributed by atoms with Gasteiger partial charge in [-0.3, -0.25) is 9.59 Å². The largest absolute Gasteiger partial charge is 0.507 e. The first kappa shape index (κ1) is 20.6. The lowest BCUT2D eigenvalue weighted by Gasteiger charge is -2.25. The van der Waals surface area contributed by atoms with Gasteiger partial charge in [-0.05, 0) is 54.1 Å². The highest BCUT2D eigenvalue weighted by Gasteiger charge is 2.46. The number of halogens is 1. The molecule has 0 bridgehead atoms. The first-order valence-electron chi connectivity index (χ1n) is 9.34. The van der Waals surface area contributed by atoms with E-state index in [0.29, 0.717) is 21.9 Å². The number of hydrogen-bond donors (Lipinski definition) is 2. The molecule has 3 aromatic rings. The standard InChI is InChI=1S/C23H18ClNO6/c1-30-18-11-14(6-9-17(18)26)20-19(21(27)13-4-7-15(24)8-5-13)22(28)23(29)25(20)12-16-3-2-10-31-16/h2-11,20,26-27H,12H2,1H3/b21-19-. The Morgan fingerprint density at radius 2 is 1.90 bits per heavy atom. The lowest BCUT2D eigenvalue weighted by atomic mass is 9.95. The third kappa shape index (κ3) is 3.75. The van der Waals surface area contributed by atoms with Crippen LogP contribution in [0.5, 0.6) is 11.5 Å². The molecule has 7 nitrogen and oxygen atoms in total. The number of benzene rings is 2. The minimum absolute atomic E-state index is 0.0167. The number of ether oxygens (including phenoxy) is 1. The van der Waals surface area contributed by atoms with Gasteiger partial charge in [-0.15, -0.1) is 0 Å². The molecule has 1 aliphatic rings.